The minimum atomic E-state index is 0.750. The molecule has 0 aromatic heterocycles. The predicted molar refractivity (Wildman–Crippen MR) is 54.1 cm³/mol. The summed E-state index contributed by atoms with van der Waals surface area (Å²) in [7, 11) is 0. The van der Waals surface area contributed by atoms with Gasteiger partial charge in [-0.3, -0.25) is 0 Å². The summed E-state index contributed by atoms with van der Waals surface area (Å²) in [6.45, 7) is 6.65. The van der Waals surface area contributed by atoms with E-state index < -0.39 is 0 Å². The molecule has 0 spiro atoms. The molecule has 1 nitrogen and oxygen atoms in total. The van der Waals surface area contributed by atoms with Crippen molar-refractivity contribution in [3.63, 3.8) is 0 Å². The molecule has 0 aliphatic carbocycles. The fraction of sp³-hybridized carbons (Fsp3) is 1.00. The summed E-state index contributed by atoms with van der Waals surface area (Å²) in [5, 5.41) is 0. The van der Waals surface area contributed by atoms with Gasteiger partial charge in [-0.2, -0.15) is 0 Å². The van der Waals surface area contributed by atoms with Crippen LogP contribution in [0.3, 0.4) is 0 Å². The average molecular weight is 329 g/mol. The molecule has 0 unspecified atom stereocenters. The zero-order valence-corrected chi connectivity index (χ0v) is 9.36. The molecule has 7 heavy (non-hydrogen) atoms. The second-order valence-electron chi connectivity index (χ2n) is 0.408. The molecule has 0 atom stereocenters. The smallest absolute Gasteiger partial charge is 0 e. The molecule has 0 heterocycles. The predicted octanol–water partition coefficient (Wildman–Crippen LogP) is 2.76. The number of hydrogen-bond acceptors (Lipinski definition) is 1. The number of rotatable bonds is 0. The summed E-state index contributed by atoms with van der Waals surface area (Å²) in [4.78, 5) is 0. The van der Waals surface area contributed by atoms with Gasteiger partial charge in [0.25, 0.3) is 0 Å². The summed E-state index contributed by atoms with van der Waals surface area (Å²) in [6.07, 6.45) is 0. The van der Waals surface area contributed by atoms with Crippen molar-refractivity contribution >= 4 is 37.2 Å². The van der Waals surface area contributed by atoms with Gasteiger partial charge in [-0.15, -0.1) is 0 Å². The van der Waals surface area contributed by atoms with Gasteiger partial charge in [0, 0.05) is 37.2 Å². The Balaban J connectivity index is -0.0000000360. The van der Waals surface area contributed by atoms with Gasteiger partial charge in [-0.1, -0.05) is 20.8 Å². The minimum Gasteiger partial charge on any atom is -0.331 e. The van der Waals surface area contributed by atoms with Gasteiger partial charge in [0.1, 0.15) is 0 Å². The standard InChI is InChI=1S/C2H7N.C2H6.I2/c1-2-3;2*1-2/h2-3H2,1H3;1-2H3;. The highest BCUT2D eigenvalue weighted by atomic mass is 128. The molecule has 0 aliphatic heterocycles. The maximum absolute atomic E-state index is 4.85. The van der Waals surface area contributed by atoms with Gasteiger partial charge in [0.15, 0.2) is 0 Å². The van der Waals surface area contributed by atoms with Crippen molar-refractivity contribution < 1.29 is 0 Å². The van der Waals surface area contributed by atoms with Crippen LogP contribution in [0.5, 0.6) is 0 Å². The number of halogens is 2. The van der Waals surface area contributed by atoms with Crippen molar-refractivity contribution in [2.24, 2.45) is 5.73 Å². The Hall–Kier alpha value is 1.42. The first-order valence-electron chi connectivity index (χ1n) is 2.26. The van der Waals surface area contributed by atoms with Crippen molar-refractivity contribution in [2.45, 2.75) is 20.8 Å². The Labute approximate surface area is 69.7 Å². The normalized spacial score (nSPS) is 4.29. The van der Waals surface area contributed by atoms with Crippen LogP contribution in [0.25, 0.3) is 0 Å². The quantitative estimate of drug-likeness (QED) is 0.680. The largest absolute Gasteiger partial charge is 0.331 e. The Morgan fingerprint density at radius 2 is 1.29 bits per heavy atom. The van der Waals surface area contributed by atoms with E-state index in [-0.39, 0.29) is 0 Å². The van der Waals surface area contributed by atoms with E-state index in [0.717, 1.165) is 6.54 Å². The lowest BCUT2D eigenvalue weighted by Crippen LogP contribution is -1.87. The minimum absolute atomic E-state index is 0.750. The molecule has 0 radical (unpaired) electrons. The molecule has 2 N–H and O–H groups in total. The molecule has 0 aromatic carbocycles. The molecule has 0 aromatic rings. The van der Waals surface area contributed by atoms with Crippen molar-refractivity contribution in [2.75, 3.05) is 6.54 Å². The molecule has 0 aliphatic rings. The third-order valence-corrected chi connectivity index (χ3v) is 0. The summed E-state index contributed by atoms with van der Waals surface area (Å²) in [6, 6.07) is 0. The molecular formula is C4H13I2N. The summed E-state index contributed by atoms with van der Waals surface area (Å²) < 4.78 is 0. The highest BCUT2D eigenvalue weighted by Gasteiger charge is 1.32. The Bertz CT molecular complexity index is 9.65. The first-order valence-corrected chi connectivity index (χ1v) is 8.54. The van der Waals surface area contributed by atoms with Crippen LogP contribution >= 0.6 is 37.2 Å². The molecule has 0 saturated carbocycles. The van der Waals surface area contributed by atoms with Crippen molar-refractivity contribution in [1.82, 2.24) is 0 Å². The Kier molecular flexibility index (Phi) is 118. The van der Waals surface area contributed by atoms with Gasteiger partial charge >= 0.3 is 0 Å². The summed E-state index contributed by atoms with van der Waals surface area (Å²) in [5.74, 6) is 0. The fourth-order valence-electron chi connectivity index (χ4n) is 0. The highest BCUT2D eigenvalue weighted by molar-refractivity contribution is 15.0. The molecule has 0 saturated heterocycles. The first-order chi connectivity index (χ1) is 3.41. The topological polar surface area (TPSA) is 26.0 Å². The van der Waals surface area contributed by atoms with Crippen molar-refractivity contribution in [1.29, 1.82) is 0 Å². The maximum Gasteiger partial charge on any atom is 0 e. The van der Waals surface area contributed by atoms with E-state index in [1.165, 1.54) is 0 Å². The molecule has 0 amide bonds. The van der Waals surface area contributed by atoms with Gasteiger partial charge in [-0.25, -0.2) is 0 Å². The Morgan fingerprint density at radius 1 is 1.29 bits per heavy atom. The molecule has 0 bridgehead atoms. The Morgan fingerprint density at radius 3 is 1.29 bits per heavy atom. The third kappa shape index (κ3) is 108. The molecule has 3 heteroatoms. The zero-order chi connectivity index (χ0) is 6.71. The second-order valence-corrected chi connectivity index (χ2v) is 0.408. The lowest BCUT2D eigenvalue weighted by atomic mass is 10.8. The van der Waals surface area contributed by atoms with Gasteiger partial charge < -0.3 is 5.73 Å². The SMILES string of the molecule is CC.CCN.II. The average Bonchev–Trinajstić information content (AvgIpc) is 1.78. The van der Waals surface area contributed by atoms with E-state index >= 15 is 0 Å². The van der Waals surface area contributed by atoms with E-state index in [4.69, 9.17) is 5.73 Å². The van der Waals surface area contributed by atoms with Crippen LogP contribution in [0.15, 0.2) is 0 Å². The van der Waals surface area contributed by atoms with Crippen LogP contribution in [0.2, 0.25) is 0 Å². The van der Waals surface area contributed by atoms with Gasteiger partial charge in [0.2, 0.25) is 0 Å². The van der Waals surface area contributed by atoms with Crippen molar-refractivity contribution in [3.05, 3.63) is 0 Å². The molecule has 0 rings (SSSR count). The highest BCUT2D eigenvalue weighted by Crippen LogP contribution is 1.89. The van der Waals surface area contributed by atoms with Gasteiger partial charge in [0.05, 0.1) is 0 Å². The lowest BCUT2D eigenvalue weighted by Gasteiger charge is -1.53. The van der Waals surface area contributed by atoms with Crippen LogP contribution < -0.4 is 5.73 Å². The van der Waals surface area contributed by atoms with E-state index in [9.17, 15) is 0 Å². The van der Waals surface area contributed by atoms with E-state index in [1.807, 2.05) is 20.8 Å². The van der Waals surface area contributed by atoms with Crippen molar-refractivity contribution in [3.8, 4) is 0 Å². The molecule has 0 fully saturated rings. The fourth-order valence-corrected chi connectivity index (χ4v) is 0. The van der Waals surface area contributed by atoms with Gasteiger partial charge in [-0.05, 0) is 6.54 Å². The van der Waals surface area contributed by atoms with E-state index in [2.05, 4.69) is 37.2 Å². The van der Waals surface area contributed by atoms with E-state index in [0.29, 0.717) is 0 Å². The molecular weight excluding hydrogens is 316 g/mol. The van der Waals surface area contributed by atoms with Crippen LogP contribution in [0, 0.1) is 0 Å². The lowest BCUT2D eigenvalue weighted by molar-refractivity contribution is 1.14. The maximum atomic E-state index is 4.85. The summed E-state index contributed by atoms with van der Waals surface area (Å²) >= 11 is 4.24. The zero-order valence-electron chi connectivity index (χ0n) is 5.04. The number of hydrogen-bond donors (Lipinski definition) is 1. The van der Waals surface area contributed by atoms with Crippen LogP contribution in [-0.2, 0) is 0 Å². The van der Waals surface area contributed by atoms with Crippen LogP contribution in [-0.4, -0.2) is 6.54 Å². The van der Waals surface area contributed by atoms with E-state index in [1.54, 1.807) is 0 Å². The summed E-state index contributed by atoms with van der Waals surface area (Å²) in [5.41, 5.74) is 4.85. The van der Waals surface area contributed by atoms with Crippen LogP contribution in [0.4, 0.5) is 0 Å². The first kappa shape index (κ1) is 15.8. The third-order valence-electron chi connectivity index (χ3n) is 0. The number of nitrogens with two attached hydrogens (primary N) is 1. The second kappa shape index (κ2) is 52.2. The van der Waals surface area contributed by atoms with Crippen LogP contribution in [0.1, 0.15) is 20.8 Å². The monoisotopic (exact) mass is 329 g/mol. The molecule has 48 valence electrons.